The van der Waals surface area contributed by atoms with E-state index in [-0.39, 0.29) is 11.8 Å². The molecule has 1 atom stereocenters. The highest BCUT2D eigenvalue weighted by Gasteiger charge is 2.29. The SMILES string of the molecule is Nc1cc(-c2ccc3c(c2)N=C(C2COc4ccc(C(=O)NC5CC5)cc4C2)C3)ccn1. The standard InChI is InChI=1S/C26H24N4O2/c27-25-13-16(7-8-28-25)15-1-2-17-12-23(30-22(17)11-15)20-10-19-9-18(3-6-24(19)32-14-20)26(31)29-21-4-5-21/h1-3,6-9,11,13,20-21H,4-5,10,12,14H2,(H2,27,28)(H,29,31). The number of rotatable bonds is 4. The van der Waals surface area contributed by atoms with Crippen LogP contribution >= 0.6 is 0 Å². The van der Waals surface area contributed by atoms with Crippen molar-refractivity contribution in [2.24, 2.45) is 10.9 Å². The molecule has 1 amide bonds. The summed E-state index contributed by atoms with van der Waals surface area (Å²) in [5.41, 5.74) is 13.1. The number of amides is 1. The zero-order valence-electron chi connectivity index (χ0n) is 17.7. The number of hydrogen-bond acceptors (Lipinski definition) is 5. The maximum Gasteiger partial charge on any atom is 0.251 e. The predicted molar refractivity (Wildman–Crippen MR) is 125 cm³/mol. The normalized spacial score (nSPS) is 18.9. The van der Waals surface area contributed by atoms with Gasteiger partial charge in [0.15, 0.2) is 0 Å². The number of carbonyl (C=O) groups excluding carboxylic acids is 1. The first kappa shape index (κ1) is 19.0. The Bertz CT molecular complexity index is 1260. The first-order valence-electron chi connectivity index (χ1n) is 11.1. The maximum atomic E-state index is 12.4. The number of aliphatic imine (C=N–C) groups is 1. The summed E-state index contributed by atoms with van der Waals surface area (Å²) < 4.78 is 6.05. The topological polar surface area (TPSA) is 89.6 Å². The minimum Gasteiger partial charge on any atom is -0.493 e. The molecule has 160 valence electrons. The van der Waals surface area contributed by atoms with Crippen molar-refractivity contribution in [3.8, 4) is 16.9 Å². The summed E-state index contributed by atoms with van der Waals surface area (Å²) in [6.07, 6.45) is 5.55. The van der Waals surface area contributed by atoms with Crippen LogP contribution in [0.4, 0.5) is 11.5 Å². The summed E-state index contributed by atoms with van der Waals surface area (Å²) in [4.78, 5) is 21.5. The summed E-state index contributed by atoms with van der Waals surface area (Å²) in [7, 11) is 0. The lowest BCUT2D eigenvalue weighted by Crippen LogP contribution is -2.29. The quantitative estimate of drug-likeness (QED) is 0.660. The van der Waals surface area contributed by atoms with Gasteiger partial charge in [0.1, 0.15) is 11.6 Å². The van der Waals surface area contributed by atoms with Crippen molar-refractivity contribution in [1.82, 2.24) is 10.3 Å². The number of anilines is 1. The van der Waals surface area contributed by atoms with Crippen LogP contribution in [-0.2, 0) is 12.8 Å². The Morgan fingerprint density at radius 3 is 2.75 bits per heavy atom. The van der Waals surface area contributed by atoms with E-state index in [0.29, 0.717) is 24.0 Å². The average molecular weight is 425 g/mol. The second-order valence-corrected chi connectivity index (χ2v) is 8.88. The third kappa shape index (κ3) is 3.62. The average Bonchev–Trinajstić information content (AvgIpc) is 3.52. The number of hydrogen-bond donors (Lipinski definition) is 2. The van der Waals surface area contributed by atoms with E-state index in [0.717, 1.165) is 59.5 Å². The molecule has 2 aromatic carbocycles. The van der Waals surface area contributed by atoms with E-state index in [1.165, 1.54) is 5.56 Å². The van der Waals surface area contributed by atoms with Gasteiger partial charge in [-0.2, -0.15) is 0 Å². The summed E-state index contributed by atoms with van der Waals surface area (Å²) in [5.74, 6) is 1.59. The van der Waals surface area contributed by atoms with Gasteiger partial charge in [-0.15, -0.1) is 0 Å². The predicted octanol–water partition coefficient (Wildman–Crippen LogP) is 4.10. The van der Waals surface area contributed by atoms with Gasteiger partial charge in [0.2, 0.25) is 0 Å². The number of carbonyl (C=O) groups is 1. The van der Waals surface area contributed by atoms with Gasteiger partial charge in [0.25, 0.3) is 5.91 Å². The van der Waals surface area contributed by atoms with E-state index in [1.54, 1.807) is 6.20 Å². The second-order valence-electron chi connectivity index (χ2n) is 8.88. The molecule has 6 heteroatoms. The lowest BCUT2D eigenvalue weighted by Gasteiger charge is -2.26. The van der Waals surface area contributed by atoms with Crippen LogP contribution in [0, 0.1) is 5.92 Å². The zero-order chi connectivity index (χ0) is 21.7. The zero-order valence-corrected chi connectivity index (χ0v) is 17.7. The van der Waals surface area contributed by atoms with Gasteiger partial charge in [-0.1, -0.05) is 12.1 Å². The summed E-state index contributed by atoms with van der Waals surface area (Å²) >= 11 is 0. The number of nitrogen functional groups attached to an aromatic ring is 1. The van der Waals surface area contributed by atoms with Crippen molar-refractivity contribution >= 4 is 23.1 Å². The Kier molecular flexibility index (Phi) is 4.45. The minimum atomic E-state index is 0.00677. The fourth-order valence-electron chi connectivity index (χ4n) is 4.50. The molecule has 3 N–H and O–H groups in total. The van der Waals surface area contributed by atoms with E-state index < -0.39 is 0 Å². The molecule has 3 aliphatic rings. The lowest BCUT2D eigenvalue weighted by molar-refractivity contribution is 0.0951. The number of fused-ring (bicyclic) bond motifs is 2. The van der Waals surface area contributed by atoms with Gasteiger partial charge in [0.05, 0.1) is 12.3 Å². The van der Waals surface area contributed by atoms with Crippen molar-refractivity contribution < 1.29 is 9.53 Å². The van der Waals surface area contributed by atoms with Crippen LogP contribution in [0.15, 0.2) is 59.7 Å². The molecule has 6 nitrogen and oxygen atoms in total. The second kappa shape index (κ2) is 7.48. The van der Waals surface area contributed by atoms with Crippen LogP contribution < -0.4 is 15.8 Å². The lowest BCUT2D eigenvalue weighted by atomic mass is 9.89. The van der Waals surface area contributed by atoms with Crippen LogP contribution in [0.2, 0.25) is 0 Å². The number of aromatic nitrogens is 1. The number of nitrogens with zero attached hydrogens (tertiary/aromatic N) is 2. The highest BCUT2D eigenvalue weighted by molar-refractivity contribution is 5.97. The monoisotopic (exact) mass is 424 g/mol. The van der Waals surface area contributed by atoms with Gasteiger partial charge in [-0.3, -0.25) is 9.79 Å². The van der Waals surface area contributed by atoms with Crippen molar-refractivity contribution in [2.75, 3.05) is 12.3 Å². The first-order valence-corrected chi connectivity index (χ1v) is 11.1. The molecule has 6 rings (SSSR count). The number of benzene rings is 2. The molecule has 1 unspecified atom stereocenters. The summed E-state index contributed by atoms with van der Waals surface area (Å²) in [6.45, 7) is 0.612. The molecule has 3 heterocycles. The van der Waals surface area contributed by atoms with Crippen molar-refractivity contribution in [2.45, 2.75) is 31.7 Å². The number of nitrogens with one attached hydrogen (secondary N) is 1. The molecule has 0 spiro atoms. The van der Waals surface area contributed by atoms with Crippen molar-refractivity contribution in [3.63, 3.8) is 0 Å². The van der Waals surface area contributed by atoms with E-state index >= 15 is 0 Å². The third-order valence-electron chi connectivity index (χ3n) is 6.45. The Morgan fingerprint density at radius 2 is 1.91 bits per heavy atom. The molecular weight excluding hydrogens is 400 g/mol. The Balaban J connectivity index is 1.22. The van der Waals surface area contributed by atoms with Crippen LogP contribution in [0.25, 0.3) is 11.1 Å². The molecule has 0 saturated heterocycles. The highest BCUT2D eigenvalue weighted by Crippen LogP contribution is 2.36. The molecule has 1 fully saturated rings. The van der Waals surface area contributed by atoms with Gasteiger partial charge >= 0.3 is 0 Å². The van der Waals surface area contributed by atoms with Crippen molar-refractivity contribution in [1.29, 1.82) is 0 Å². The summed E-state index contributed by atoms with van der Waals surface area (Å²) in [6, 6.07) is 16.3. The van der Waals surface area contributed by atoms with E-state index in [4.69, 9.17) is 15.5 Å². The summed E-state index contributed by atoms with van der Waals surface area (Å²) in [5, 5.41) is 3.06. The Labute approximate surface area is 186 Å². The van der Waals surface area contributed by atoms with Crippen LogP contribution in [0.3, 0.4) is 0 Å². The molecule has 3 aromatic rings. The van der Waals surface area contributed by atoms with Crippen LogP contribution in [0.5, 0.6) is 5.75 Å². The molecule has 2 aliphatic heterocycles. The molecular formula is C26H24N4O2. The smallest absolute Gasteiger partial charge is 0.251 e. The molecule has 32 heavy (non-hydrogen) atoms. The fraction of sp³-hybridized carbons (Fsp3) is 0.269. The third-order valence-corrected chi connectivity index (χ3v) is 6.45. The van der Waals surface area contributed by atoms with E-state index in [1.807, 2.05) is 30.3 Å². The molecule has 1 aliphatic carbocycles. The largest absolute Gasteiger partial charge is 0.493 e. The molecule has 1 aromatic heterocycles. The highest BCUT2D eigenvalue weighted by atomic mass is 16.5. The Morgan fingerprint density at radius 1 is 1.03 bits per heavy atom. The number of nitrogens with two attached hydrogens (primary N) is 1. The van der Waals surface area contributed by atoms with Crippen molar-refractivity contribution in [3.05, 3.63) is 71.4 Å². The fourth-order valence-corrected chi connectivity index (χ4v) is 4.50. The van der Waals surface area contributed by atoms with Crippen LogP contribution in [0.1, 0.15) is 34.3 Å². The van der Waals surface area contributed by atoms with Gasteiger partial charge in [0, 0.05) is 35.9 Å². The van der Waals surface area contributed by atoms with E-state index in [2.05, 4.69) is 28.5 Å². The minimum absolute atomic E-state index is 0.00677. The molecule has 0 bridgehead atoms. The van der Waals surface area contributed by atoms with Gasteiger partial charge in [-0.05, 0) is 77.9 Å². The first-order chi connectivity index (χ1) is 15.6. The Hall–Kier alpha value is -3.67. The van der Waals surface area contributed by atoms with Gasteiger partial charge < -0.3 is 15.8 Å². The van der Waals surface area contributed by atoms with Crippen LogP contribution in [-0.4, -0.2) is 29.3 Å². The molecule has 1 saturated carbocycles. The molecule has 0 radical (unpaired) electrons. The van der Waals surface area contributed by atoms with Gasteiger partial charge in [-0.25, -0.2) is 4.98 Å². The number of pyridine rings is 1. The maximum absolute atomic E-state index is 12.4. The van der Waals surface area contributed by atoms with E-state index in [9.17, 15) is 4.79 Å². The number of ether oxygens (including phenoxy) is 1.